The van der Waals surface area contributed by atoms with Crippen LogP contribution in [0.25, 0.3) is 0 Å². The van der Waals surface area contributed by atoms with Crippen LogP contribution in [-0.4, -0.2) is 23.4 Å². The van der Waals surface area contributed by atoms with Crippen molar-refractivity contribution < 1.29 is 4.74 Å². The molecule has 1 aromatic rings. The number of aryl methyl sites for hydroxylation is 1. The molecule has 0 aliphatic heterocycles. The topological polar surface area (TPSA) is 39.1 Å². The van der Waals surface area contributed by atoms with Crippen molar-refractivity contribution in [3.05, 3.63) is 11.9 Å². The highest BCUT2D eigenvalue weighted by molar-refractivity contribution is 5.28. The van der Waals surface area contributed by atoms with Crippen LogP contribution in [0, 0.1) is 11.3 Å². The second-order valence-corrected chi connectivity index (χ2v) is 6.92. The van der Waals surface area contributed by atoms with Crippen LogP contribution in [0.4, 0.5) is 0 Å². The van der Waals surface area contributed by atoms with E-state index >= 15 is 0 Å². The zero-order valence-corrected chi connectivity index (χ0v) is 14.9. The van der Waals surface area contributed by atoms with Gasteiger partial charge in [0.25, 0.3) is 0 Å². The van der Waals surface area contributed by atoms with E-state index in [1.165, 1.54) is 5.69 Å². The largest absolute Gasteiger partial charge is 0.493 e. The van der Waals surface area contributed by atoms with Gasteiger partial charge in [-0.25, -0.2) is 0 Å². The van der Waals surface area contributed by atoms with Crippen molar-refractivity contribution in [1.82, 2.24) is 15.1 Å². The molecule has 1 N–H and O–H groups in total. The van der Waals surface area contributed by atoms with E-state index < -0.39 is 0 Å². The van der Waals surface area contributed by atoms with Gasteiger partial charge in [-0.2, -0.15) is 5.10 Å². The molecule has 0 aromatic carbocycles. The standard InChI is InChI=1S/C17H33N3O/c1-8-10-18-14(11-13(3)17(4,5)6)16-15(21-7)12-19-20(16)9-2/h12-14,18H,8-11H2,1-7H3. The quantitative estimate of drug-likeness (QED) is 0.787. The maximum atomic E-state index is 5.53. The summed E-state index contributed by atoms with van der Waals surface area (Å²) in [6.07, 6.45) is 4.05. The molecular weight excluding hydrogens is 262 g/mol. The molecule has 0 aliphatic rings. The van der Waals surface area contributed by atoms with Crippen molar-refractivity contribution >= 4 is 0 Å². The maximum Gasteiger partial charge on any atom is 0.161 e. The van der Waals surface area contributed by atoms with Crippen molar-refractivity contribution in [3.8, 4) is 5.75 Å². The first-order valence-corrected chi connectivity index (χ1v) is 8.18. The Morgan fingerprint density at radius 2 is 2.00 bits per heavy atom. The Kier molecular flexibility index (Phi) is 6.72. The van der Waals surface area contributed by atoms with Gasteiger partial charge in [-0.05, 0) is 37.6 Å². The molecule has 21 heavy (non-hydrogen) atoms. The van der Waals surface area contributed by atoms with Crippen LogP contribution < -0.4 is 10.1 Å². The normalized spacial score (nSPS) is 15.0. The minimum Gasteiger partial charge on any atom is -0.493 e. The second kappa shape index (κ2) is 7.83. The van der Waals surface area contributed by atoms with Crippen LogP contribution in [0.3, 0.4) is 0 Å². The number of hydrogen-bond acceptors (Lipinski definition) is 3. The summed E-state index contributed by atoms with van der Waals surface area (Å²) in [5.74, 6) is 1.50. The molecule has 2 atom stereocenters. The molecule has 0 spiro atoms. The summed E-state index contributed by atoms with van der Waals surface area (Å²) in [6, 6.07) is 0.288. The molecular formula is C17H33N3O. The van der Waals surface area contributed by atoms with Gasteiger partial charge < -0.3 is 10.1 Å². The van der Waals surface area contributed by atoms with Crippen molar-refractivity contribution in [2.75, 3.05) is 13.7 Å². The van der Waals surface area contributed by atoms with Gasteiger partial charge in [-0.1, -0.05) is 34.6 Å². The molecule has 1 aromatic heterocycles. The van der Waals surface area contributed by atoms with Crippen molar-refractivity contribution in [1.29, 1.82) is 0 Å². The number of rotatable bonds is 8. The molecule has 2 unspecified atom stereocenters. The molecule has 1 heterocycles. The number of nitrogens with one attached hydrogen (secondary N) is 1. The first-order valence-electron chi connectivity index (χ1n) is 8.18. The first kappa shape index (κ1) is 18.0. The molecule has 0 saturated heterocycles. The van der Waals surface area contributed by atoms with Gasteiger partial charge in [-0.15, -0.1) is 0 Å². The molecule has 0 aliphatic carbocycles. The summed E-state index contributed by atoms with van der Waals surface area (Å²) >= 11 is 0. The summed E-state index contributed by atoms with van der Waals surface area (Å²) in [5, 5.41) is 8.14. The number of nitrogens with zero attached hydrogens (tertiary/aromatic N) is 2. The van der Waals surface area contributed by atoms with Crippen LogP contribution in [0.2, 0.25) is 0 Å². The van der Waals surface area contributed by atoms with Crippen molar-refractivity contribution in [2.24, 2.45) is 11.3 Å². The van der Waals surface area contributed by atoms with E-state index in [1.54, 1.807) is 7.11 Å². The Morgan fingerprint density at radius 3 is 2.48 bits per heavy atom. The third-order valence-electron chi connectivity index (χ3n) is 4.40. The lowest BCUT2D eigenvalue weighted by atomic mass is 9.78. The average Bonchev–Trinajstić information content (AvgIpc) is 2.84. The van der Waals surface area contributed by atoms with E-state index in [1.807, 2.05) is 6.20 Å². The molecule has 0 amide bonds. The summed E-state index contributed by atoms with van der Waals surface area (Å²) < 4.78 is 7.59. The molecule has 0 saturated carbocycles. The number of aromatic nitrogens is 2. The van der Waals surface area contributed by atoms with Gasteiger partial charge >= 0.3 is 0 Å². The van der Waals surface area contributed by atoms with Gasteiger partial charge in [0, 0.05) is 6.54 Å². The lowest BCUT2D eigenvalue weighted by molar-refractivity contribution is 0.218. The van der Waals surface area contributed by atoms with Gasteiger partial charge in [0.2, 0.25) is 0 Å². The lowest BCUT2D eigenvalue weighted by Crippen LogP contribution is -2.30. The second-order valence-electron chi connectivity index (χ2n) is 6.92. The highest BCUT2D eigenvalue weighted by atomic mass is 16.5. The molecule has 4 heteroatoms. The highest BCUT2D eigenvalue weighted by Crippen LogP contribution is 2.36. The summed E-state index contributed by atoms with van der Waals surface area (Å²) in [6.45, 7) is 15.5. The minimum atomic E-state index is 0.288. The fourth-order valence-corrected chi connectivity index (χ4v) is 2.46. The van der Waals surface area contributed by atoms with E-state index in [0.29, 0.717) is 11.3 Å². The number of methoxy groups -OCH3 is 1. The first-order chi connectivity index (χ1) is 9.85. The van der Waals surface area contributed by atoms with Crippen LogP contribution in [-0.2, 0) is 6.54 Å². The highest BCUT2D eigenvalue weighted by Gasteiger charge is 2.28. The lowest BCUT2D eigenvalue weighted by Gasteiger charge is -2.31. The third kappa shape index (κ3) is 4.73. The zero-order valence-electron chi connectivity index (χ0n) is 14.9. The average molecular weight is 295 g/mol. The predicted molar refractivity (Wildman–Crippen MR) is 88.7 cm³/mol. The summed E-state index contributed by atoms with van der Waals surface area (Å²) in [4.78, 5) is 0. The number of hydrogen-bond donors (Lipinski definition) is 1. The summed E-state index contributed by atoms with van der Waals surface area (Å²) in [7, 11) is 1.73. The fourth-order valence-electron chi connectivity index (χ4n) is 2.46. The third-order valence-corrected chi connectivity index (χ3v) is 4.40. The molecule has 4 nitrogen and oxygen atoms in total. The van der Waals surface area contributed by atoms with Gasteiger partial charge in [0.05, 0.1) is 25.0 Å². The predicted octanol–water partition coefficient (Wildman–Crippen LogP) is 4.02. The van der Waals surface area contributed by atoms with E-state index in [2.05, 4.69) is 56.6 Å². The van der Waals surface area contributed by atoms with Gasteiger partial charge in [0.15, 0.2) is 5.75 Å². The Balaban J connectivity index is 3.04. The molecule has 122 valence electrons. The van der Waals surface area contributed by atoms with Crippen LogP contribution in [0.5, 0.6) is 5.75 Å². The Hall–Kier alpha value is -1.03. The molecule has 0 radical (unpaired) electrons. The van der Waals surface area contributed by atoms with Crippen LogP contribution >= 0.6 is 0 Å². The van der Waals surface area contributed by atoms with E-state index in [9.17, 15) is 0 Å². The smallest absolute Gasteiger partial charge is 0.161 e. The number of ether oxygens (including phenoxy) is 1. The van der Waals surface area contributed by atoms with Gasteiger partial charge in [-0.3, -0.25) is 4.68 Å². The van der Waals surface area contributed by atoms with Crippen molar-refractivity contribution in [2.45, 2.75) is 67.0 Å². The SMILES string of the molecule is CCCNC(CC(C)C(C)(C)C)c1c(OC)cnn1CC. The molecule has 0 fully saturated rings. The Bertz CT molecular complexity index is 399. The minimum absolute atomic E-state index is 0.288. The van der Waals surface area contributed by atoms with Crippen LogP contribution in [0.1, 0.15) is 66.1 Å². The Morgan fingerprint density at radius 1 is 1.33 bits per heavy atom. The molecule has 0 bridgehead atoms. The maximum absolute atomic E-state index is 5.53. The van der Waals surface area contributed by atoms with E-state index in [0.717, 1.165) is 31.7 Å². The summed E-state index contributed by atoms with van der Waals surface area (Å²) in [5.41, 5.74) is 1.49. The molecule has 1 rings (SSSR count). The zero-order chi connectivity index (χ0) is 16.0. The van der Waals surface area contributed by atoms with Gasteiger partial charge in [0.1, 0.15) is 0 Å². The van der Waals surface area contributed by atoms with E-state index in [4.69, 9.17) is 4.74 Å². The van der Waals surface area contributed by atoms with Crippen molar-refractivity contribution in [3.63, 3.8) is 0 Å². The fraction of sp³-hybridized carbons (Fsp3) is 0.824. The Labute approximate surface area is 130 Å². The van der Waals surface area contributed by atoms with E-state index in [-0.39, 0.29) is 6.04 Å². The van der Waals surface area contributed by atoms with Crippen LogP contribution in [0.15, 0.2) is 6.20 Å². The monoisotopic (exact) mass is 295 g/mol.